The maximum atomic E-state index is 3.49. The summed E-state index contributed by atoms with van der Waals surface area (Å²) in [6, 6.07) is 51.3. The third-order valence-electron chi connectivity index (χ3n) is 12.2. The zero-order chi connectivity index (χ0) is 37.9. The van der Waals surface area contributed by atoms with Crippen LogP contribution in [0.4, 0.5) is 0 Å². The van der Waals surface area contributed by atoms with Crippen molar-refractivity contribution in [2.75, 3.05) is 0 Å². The van der Waals surface area contributed by atoms with Gasteiger partial charge < -0.3 is 29.9 Å². The Bertz CT molecular complexity index is 3000. The van der Waals surface area contributed by atoms with E-state index in [4.69, 9.17) is 0 Å². The van der Waals surface area contributed by atoms with Gasteiger partial charge in [0.05, 0.1) is 0 Å². The van der Waals surface area contributed by atoms with Gasteiger partial charge in [-0.1, -0.05) is 109 Å². The van der Waals surface area contributed by atoms with Crippen LogP contribution in [0, 0.1) is 0 Å². The van der Waals surface area contributed by atoms with Crippen molar-refractivity contribution in [1.82, 2.24) is 29.9 Å². The van der Waals surface area contributed by atoms with Crippen LogP contribution in [-0.4, -0.2) is 29.9 Å². The molecule has 0 unspecified atom stereocenters. The van der Waals surface area contributed by atoms with Crippen molar-refractivity contribution >= 4 is 65.4 Å². The molecule has 6 heterocycles. The Labute approximate surface area is 328 Å². The summed E-state index contributed by atoms with van der Waals surface area (Å²) < 4.78 is 0. The summed E-state index contributed by atoms with van der Waals surface area (Å²) in [5.41, 5.74) is 14.4. The second-order valence-electron chi connectivity index (χ2n) is 15.2. The average molecular weight is 737 g/mol. The molecule has 6 N–H and O–H groups in total. The van der Waals surface area contributed by atoms with E-state index in [2.05, 4.69) is 220 Å². The molecule has 0 spiro atoms. The van der Waals surface area contributed by atoms with E-state index in [9.17, 15) is 0 Å². The number of nitrogens with one attached hydrogen (secondary N) is 6. The number of para-hydroxylation sites is 6. The molecule has 274 valence electrons. The monoisotopic (exact) mass is 736 g/mol. The van der Waals surface area contributed by atoms with Gasteiger partial charge in [0.2, 0.25) is 0 Å². The normalized spacial score (nSPS) is 12.1. The Morgan fingerprint density at radius 1 is 0.298 bits per heavy atom. The number of aromatic amines is 6. The van der Waals surface area contributed by atoms with Gasteiger partial charge >= 0.3 is 0 Å². The van der Waals surface area contributed by atoms with Crippen LogP contribution in [0.25, 0.3) is 65.4 Å². The standard InChI is InChI=1S/C26H21N3.C25H19N3/c1-26(20-14-27-23-11-5-2-8-17(20)23,21-15-28-24-12-6-3-9-18(21)24)22-16-29-25-13-7-4-10-19(22)25;1-4-10-22-16(7-1)19(13-26-22)25(20-14-27-23-11-5-2-8-17(20)23)21-15-28-24-12-6-3-9-18(21)24/h2-16,27-29H,1H3;1-15,25-28H. The molecule has 0 bridgehead atoms. The minimum atomic E-state index is -0.335. The first kappa shape index (κ1) is 32.9. The molecule has 0 aliphatic heterocycles. The number of rotatable bonds is 6. The van der Waals surface area contributed by atoms with Crippen LogP contribution in [-0.2, 0) is 5.41 Å². The Hall–Kier alpha value is -7.44. The zero-order valence-electron chi connectivity index (χ0n) is 31.4. The lowest BCUT2D eigenvalue weighted by atomic mass is 9.71. The molecule has 6 heteroatoms. The van der Waals surface area contributed by atoms with Crippen LogP contribution >= 0.6 is 0 Å². The largest absolute Gasteiger partial charge is 0.361 e. The third kappa shape index (κ3) is 5.18. The second kappa shape index (κ2) is 13.1. The number of aromatic nitrogens is 6. The van der Waals surface area contributed by atoms with Gasteiger partial charge in [0.25, 0.3) is 0 Å². The summed E-state index contributed by atoms with van der Waals surface area (Å²) >= 11 is 0. The Morgan fingerprint density at radius 2 is 0.526 bits per heavy atom. The fraction of sp³-hybridized carbons (Fsp3) is 0.0588. The number of hydrogen-bond acceptors (Lipinski definition) is 0. The molecule has 0 saturated heterocycles. The van der Waals surface area contributed by atoms with Crippen LogP contribution in [0.15, 0.2) is 183 Å². The Balaban J connectivity index is 0.000000131. The van der Waals surface area contributed by atoms with Gasteiger partial charge in [-0.15, -0.1) is 0 Å². The summed E-state index contributed by atoms with van der Waals surface area (Å²) in [5.74, 6) is 0.128. The van der Waals surface area contributed by atoms with Crippen molar-refractivity contribution in [2.24, 2.45) is 0 Å². The van der Waals surface area contributed by atoms with Gasteiger partial charge in [-0.25, -0.2) is 0 Å². The predicted octanol–water partition coefficient (Wildman–Crippen LogP) is 12.8. The number of hydrogen-bond donors (Lipinski definition) is 6. The smallest absolute Gasteiger partial charge is 0.0486 e. The Morgan fingerprint density at radius 3 is 0.825 bits per heavy atom. The SMILES string of the molecule is CC(c1c[nH]c2ccccc12)(c1c[nH]c2ccccc12)c1c[nH]c2ccccc12.c1ccc2c(C(c3c[nH]c4ccccc34)c3c[nH]c4ccccc34)c[nH]c2c1. The molecule has 0 radical (unpaired) electrons. The van der Waals surface area contributed by atoms with Gasteiger partial charge in [0.15, 0.2) is 0 Å². The molecule has 0 atom stereocenters. The summed E-state index contributed by atoms with van der Waals surface area (Å²) in [4.78, 5) is 20.9. The first-order valence-electron chi connectivity index (χ1n) is 19.5. The quantitative estimate of drug-likeness (QED) is 0.0981. The second-order valence-corrected chi connectivity index (χ2v) is 15.2. The lowest BCUT2D eigenvalue weighted by molar-refractivity contribution is 0.712. The number of H-pyrrole nitrogens is 6. The molecular weight excluding hydrogens is 697 g/mol. The highest BCUT2D eigenvalue weighted by atomic mass is 14.7. The van der Waals surface area contributed by atoms with Crippen molar-refractivity contribution < 1.29 is 0 Å². The van der Waals surface area contributed by atoms with E-state index in [1.54, 1.807) is 0 Å². The molecule has 6 nitrogen and oxygen atoms in total. The number of benzene rings is 6. The van der Waals surface area contributed by atoms with Crippen LogP contribution in [0.3, 0.4) is 0 Å². The van der Waals surface area contributed by atoms with E-state index in [0.717, 1.165) is 16.6 Å². The fourth-order valence-corrected chi connectivity index (χ4v) is 9.39. The van der Waals surface area contributed by atoms with Gasteiger partial charge in [-0.2, -0.15) is 0 Å². The van der Waals surface area contributed by atoms with Gasteiger partial charge in [0, 0.05) is 114 Å². The molecule has 12 rings (SSSR count). The molecule has 0 aliphatic rings. The maximum absolute atomic E-state index is 3.49. The van der Waals surface area contributed by atoms with E-state index in [-0.39, 0.29) is 11.3 Å². The molecule has 0 aliphatic carbocycles. The van der Waals surface area contributed by atoms with Crippen LogP contribution in [0.5, 0.6) is 0 Å². The molecule has 12 aromatic rings. The third-order valence-corrected chi connectivity index (χ3v) is 12.2. The average Bonchev–Trinajstić information content (AvgIpc) is 4.13. The molecule has 57 heavy (non-hydrogen) atoms. The highest BCUT2D eigenvalue weighted by Gasteiger charge is 2.37. The summed E-state index contributed by atoms with van der Waals surface area (Å²) in [6.45, 7) is 2.34. The topological polar surface area (TPSA) is 94.7 Å². The van der Waals surface area contributed by atoms with Crippen molar-refractivity contribution in [2.45, 2.75) is 18.3 Å². The highest BCUT2D eigenvalue weighted by Crippen LogP contribution is 2.47. The minimum absolute atomic E-state index is 0.128. The maximum Gasteiger partial charge on any atom is 0.0486 e. The fourth-order valence-electron chi connectivity index (χ4n) is 9.39. The first-order valence-corrected chi connectivity index (χ1v) is 19.5. The number of fused-ring (bicyclic) bond motifs is 6. The summed E-state index contributed by atoms with van der Waals surface area (Å²) in [7, 11) is 0. The molecule has 0 saturated carbocycles. The van der Waals surface area contributed by atoms with E-state index in [1.165, 1.54) is 82.2 Å². The van der Waals surface area contributed by atoms with Crippen molar-refractivity contribution in [3.8, 4) is 0 Å². The van der Waals surface area contributed by atoms with Crippen LogP contribution in [0.2, 0.25) is 0 Å². The Kier molecular flexibility index (Phi) is 7.57. The molecule has 6 aromatic heterocycles. The van der Waals surface area contributed by atoms with E-state index < -0.39 is 0 Å². The van der Waals surface area contributed by atoms with Gasteiger partial charge in [0.1, 0.15) is 0 Å². The van der Waals surface area contributed by atoms with Crippen molar-refractivity contribution in [3.05, 3.63) is 216 Å². The van der Waals surface area contributed by atoms with Crippen LogP contribution < -0.4 is 0 Å². The van der Waals surface area contributed by atoms with E-state index in [1.807, 2.05) is 0 Å². The summed E-state index contributed by atoms with van der Waals surface area (Å²) in [6.07, 6.45) is 13.0. The molecule has 0 fully saturated rings. The predicted molar refractivity (Wildman–Crippen MR) is 236 cm³/mol. The molecular formula is C51H40N6. The van der Waals surface area contributed by atoms with Gasteiger partial charge in [-0.3, -0.25) is 0 Å². The van der Waals surface area contributed by atoms with Crippen LogP contribution in [0.1, 0.15) is 46.2 Å². The zero-order valence-corrected chi connectivity index (χ0v) is 31.4. The molecule has 0 amide bonds. The highest BCUT2D eigenvalue weighted by molar-refractivity contribution is 5.95. The van der Waals surface area contributed by atoms with Gasteiger partial charge in [-0.05, 0) is 76.7 Å². The van der Waals surface area contributed by atoms with E-state index in [0.29, 0.717) is 0 Å². The lowest BCUT2D eigenvalue weighted by Crippen LogP contribution is -2.24. The summed E-state index contributed by atoms with van der Waals surface area (Å²) in [5, 5.41) is 7.57. The van der Waals surface area contributed by atoms with Crippen molar-refractivity contribution in [1.29, 1.82) is 0 Å². The lowest BCUT2D eigenvalue weighted by Gasteiger charge is -2.30. The minimum Gasteiger partial charge on any atom is -0.361 e. The van der Waals surface area contributed by atoms with E-state index >= 15 is 0 Å². The first-order chi connectivity index (χ1) is 28.2. The van der Waals surface area contributed by atoms with Crippen molar-refractivity contribution in [3.63, 3.8) is 0 Å². The molecule has 6 aromatic carbocycles.